The molecule has 20 heavy (non-hydrogen) atoms. The van der Waals surface area contributed by atoms with E-state index < -0.39 is 6.10 Å². The molecule has 110 valence electrons. The number of benzene rings is 1. The highest BCUT2D eigenvalue weighted by molar-refractivity contribution is 5.96. The number of carbonyl (C=O) groups is 2. The number of hydrogen-bond donors (Lipinski definition) is 2. The van der Waals surface area contributed by atoms with Gasteiger partial charge in [-0.3, -0.25) is 9.59 Å². The van der Waals surface area contributed by atoms with E-state index in [0.717, 1.165) is 0 Å². The van der Waals surface area contributed by atoms with Crippen LogP contribution in [0.4, 0.5) is 5.69 Å². The van der Waals surface area contributed by atoms with Crippen molar-refractivity contribution in [3.63, 3.8) is 0 Å². The van der Waals surface area contributed by atoms with E-state index in [-0.39, 0.29) is 17.9 Å². The summed E-state index contributed by atoms with van der Waals surface area (Å²) in [7, 11) is 1.51. The monoisotopic (exact) mass is 278 g/mol. The summed E-state index contributed by atoms with van der Waals surface area (Å²) in [4.78, 5) is 23.6. The number of carbonyl (C=O) groups excluding carboxylic acids is 2. The molecule has 2 N–H and O–H groups in total. The molecule has 0 spiro atoms. The zero-order chi connectivity index (χ0) is 15.1. The second-order valence-corrected chi connectivity index (χ2v) is 4.83. The average Bonchev–Trinajstić information content (AvgIpc) is 2.40. The molecule has 1 atom stereocenters. The number of rotatable bonds is 6. The lowest BCUT2D eigenvalue weighted by molar-refractivity contribution is -0.125. The fourth-order valence-corrected chi connectivity index (χ4v) is 1.73. The van der Waals surface area contributed by atoms with Crippen LogP contribution in [0, 0.1) is 0 Å². The van der Waals surface area contributed by atoms with Crippen LogP contribution in [-0.4, -0.2) is 31.1 Å². The van der Waals surface area contributed by atoms with E-state index in [0.29, 0.717) is 17.7 Å². The van der Waals surface area contributed by atoms with E-state index >= 15 is 0 Å². The van der Waals surface area contributed by atoms with Crippen LogP contribution in [-0.2, 0) is 9.53 Å². The predicted octanol–water partition coefficient (Wildman–Crippen LogP) is 2.19. The van der Waals surface area contributed by atoms with Crippen molar-refractivity contribution in [3.8, 4) is 0 Å². The molecule has 0 saturated carbocycles. The lowest BCUT2D eigenvalue weighted by Gasteiger charge is -2.13. The summed E-state index contributed by atoms with van der Waals surface area (Å²) in [5.41, 5.74) is 1.21. The quantitative estimate of drug-likeness (QED) is 0.838. The first-order chi connectivity index (χ1) is 9.47. The van der Waals surface area contributed by atoms with Gasteiger partial charge in [-0.25, -0.2) is 0 Å². The Morgan fingerprint density at radius 3 is 2.25 bits per heavy atom. The summed E-state index contributed by atoms with van der Waals surface area (Å²) in [5.74, 6) is -0.310. The number of hydrogen-bond acceptors (Lipinski definition) is 3. The van der Waals surface area contributed by atoms with Crippen molar-refractivity contribution in [2.75, 3.05) is 12.4 Å². The number of methoxy groups -OCH3 is 1. The smallest absolute Gasteiger partial charge is 0.253 e. The molecule has 0 heterocycles. The van der Waals surface area contributed by atoms with Gasteiger partial charge >= 0.3 is 0 Å². The topological polar surface area (TPSA) is 67.4 Å². The minimum Gasteiger partial charge on any atom is -0.372 e. The molecule has 2 amide bonds. The number of anilines is 1. The zero-order valence-corrected chi connectivity index (χ0v) is 12.4. The van der Waals surface area contributed by atoms with Crippen molar-refractivity contribution in [2.45, 2.75) is 39.3 Å². The summed E-state index contributed by atoms with van der Waals surface area (Å²) in [6, 6.07) is 6.86. The number of ether oxygens (including phenoxy) is 1. The Labute approximate surface area is 119 Å². The Balaban J connectivity index is 2.67. The molecule has 0 aromatic heterocycles. The van der Waals surface area contributed by atoms with E-state index in [2.05, 4.69) is 10.6 Å². The van der Waals surface area contributed by atoms with Gasteiger partial charge in [0.05, 0.1) is 0 Å². The molecule has 0 aliphatic rings. The van der Waals surface area contributed by atoms with Gasteiger partial charge in [-0.2, -0.15) is 0 Å². The molecule has 1 aromatic rings. The molecule has 0 bridgehead atoms. The van der Waals surface area contributed by atoms with E-state index in [1.807, 2.05) is 20.8 Å². The number of nitrogens with one attached hydrogen (secondary N) is 2. The molecule has 5 heteroatoms. The second kappa shape index (κ2) is 7.65. The third kappa shape index (κ3) is 4.66. The molecule has 0 fully saturated rings. The highest BCUT2D eigenvalue weighted by atomic mass is 16.5. The van der Waals surface area contributed by atoms with Crippen molar-refractivity contribution >= 4 is 17.5 Å². The fourth-order valence-electron chi connectivity index (χ4n) is 1.73. The highest BCUT2D eigenvalue weighted by Gasteiger charge is 2.15. The van der Waals surface area contributed by atoms with E-state index in [1.54, 1.807) is 24.3 Å². The SMILES string of the molecule is CCC(OC)C(=O)Nc1ccc(C(=O)NC(C)C)cc1. The maximum atomic E-state index is 11.8. The molecule has 0 aliphatic carbocycles. The first-order valence-electron chi connectivity index (χ1n) is 6.72. The van der Waals surface area contributed by atoms with Crippen LogP contribution in [0.3, 0.4) is 0 Å². The van der Waals surface area contributed by atoms with Crippen LogP contribution in [0.2, 0.25) is 0 Å². The van der Waals surface area contributed by atoms with Gasteiger partial charge in [-0.1, -0.05) is 6.92 Å². The largest absolute Gasteiger partial charge is 0.372 e. The van der Waals surface area contributed by atoms with E-state index in [9.17, 15) is 9.59 Å². The molecule has 1 rings (SSSR count). The van der Waals surface area contributed by atoms with Gasteiger partial charge in [0.25, 0.3) is 11.8 Å². The molecule has 1 unspecified atom stereocenters. The summed E-state index contributed by atoms with van der Waals surface area (Å²) >= 11 is 0. The molecule has 0 radical (unpaired) electrons. The van der Waals surface area contributed by atoms with Crippen molar-refractivity contribution in [1.29, 1.82) is 0 Å². The summed E-state index contributed by atoms with van der Waals surface area (Å²) in [5, 5.41) is 5.56. The standard InChI is InChI=1S/C15H22N2O3/c1-5-13(20-4)15(19)17-12-8-6-11(7-9-12)14(18)16-10(2)3/h6-10,13H,5H2,1-4H3,(H,16,18)(H,17,19). The van der Waals surface area contributed by atoms with Gasteiger partial charge in [0.15, 0.2) is 0 Å². The Bertz CT molecular complexity index is 451. The van der Waals surface area contributed by atoms with Gasteiger partial charge < -0.3 is 15.4 Å². The van der Waals surface area contributed by atoms with Crippen molar-refractivity contribution < 1.29 is 14.3 Å². The van der Waals surface area contributed by atoms with Crippen LogP contribution in [0.5, 0.6) is 0 Å². The van der Waals surface area contributed by atoms with Crippen molar-refractivity contribution in [2.24, 2.45) is 0 Å². The highest BCUT2D eigenvalue weighted by Crippen LogP contribution is 2.11. The summed E-state index contributed by atoms with van der Waals surface area (Å²) in [6.07, 6.45) is 0.149. The predicted molar refractivity (Wildman–Crippen MR) is 78.8 cm³/mol. The van der Waals surface area contributed by atoms with Crippen LogP contribution in [0.25, 0.3) is 0 Å². The third-order valence-electron chi connectivity index (χ3n) is 2.78. The van der Waals surface area contributed by atoms with Gasteiger partial charge in [0, 0.05) is 24.4 Å². The summed E-state index contributed by atoms with van der Waals surface area (Å²) < 4.78 is 5.06. The Morgan fingerprint density at radius 2 is 1.80 bits per heavy atom. The van der Waals surface area contributed by atoms with Crippen LogP contribution in [0.15, 0.2) is 24.3 Å². The molecular weight excluding hydrogens is 256 g/mol. The third-order valence-corrected chi connectivity index (χ3v) is 2.78. The van der Waals surface area contributed by atoms with Gasteiger partial charge in [0.1, 0.15) is 6.10 Å². The molecule has 0 saturated heterocycles. The average molecular weight is 278 g/mol. The van der Waals surface area contributed by atoms with Gasteiger partial charge in [0.2, 0.25) is 0 Å². The lowest BCUT2D eigenvalue weighted by Crippen LogP contribution is -2.30. The lowest BCUT2D eigenvalue weighted by atomic mass is 10.1. The summed E-state index contributed by atoms with van der Waals surface area (Å²) in [6.45, 7) is 5.69. The fraction of sp³-hybridized carbons (Fsp3) is 0.467. The van der Waals surface area contributed by atoms with Gasteiger partial charge in [-0.05, 0) is 44.5 Å². The minimum absolute atomic E-state index is 0.0916. The Hall–Kier alpha value is -1.88. The van der Waals surface area contributed by atoms with Crippen LogP contribution in [0.1, 0.15) is 37.6 Å². The minimum atomic E-state index is -0.459. The molecule has 1 aromatic carbocycles. The first kappa shape index (κ1) is 16.2. The van der Waals surface area contributed by atoms with E-state index in [4.69, 9.17) is 4.74 Å². The van der Waals surface area contributed by atoms with E-state index in [1.165, 1.54) is 7.11 Å². The normalized spacial score (nSPS) is 12.1. The molecule has 0 aliphatic heterocycles. The molecular formula is C15H22N2O3. The zero-order valence-electron chi connectivity index (χ0n) is 12.4. The number of amides is 2. The van der Waals surface area contributed by atoms with Crippen LogP contribution >= 0.6 is 0 Å². The molecule has 5 nitrogen and oxygen atoms in total. The van der Waals surface area contributed by atoms with Crippen molar-refractivity contribution in [3.05, 3.63) is 29.8 Å². The van der Waals surface area contributed by atoms with Crippen LogP contribution < -0.4 is 10.6 Å². The first-order valence-corrected chi connectivity index (χ1v) is 6.72. The maximum Gasteiger partial charge on any atom is 0.253 e. The second-order valence-electron chi connectivity index (χ2n) is 4.83. The Kier molecular flexibility index (Phi) is 6.18. The van der Waals surface area contributed by atoms with Crippen molar-refractivity contribution in [1.82, 2.24) is 5.32 Å². The maximum absolute atomic E-state index is 11.8. The Morgan fingerprint density at radius 1 is 1.20 bits per heavy atom. The van der Waals surface area contributed by atoms with Gasteiger partial charge in [-0.15, -0.1) is 0 Å².